The molecular formula is C20H32N4O2. The van der Waals surface area contributed by atoms with Gasteiger partial charge in [0.1, 0.15) is 0 Å². The number of benzene rings is 1. The summed E-state index contributed by atoms with van der Waals surface area (Å²) in [6, 6.07) is 5.47. The molecule has 1 saturated heterocycles. The molecule has 1 heterocycles. The smallest absolute Gasteiger partial charge is 0.240 e. The summed E-state index contributed by atoms with van der Waals surface area (Å²) in [4.78, 5) is 28.8. The van der Waals surface area contributed by atoms with Crippen LogP contribution in [0.3, 0.4) is 0 Å². The van der Waals surface area contributed by atoms with Crippen LogP contribution in [0.25, 0.3) is 0 Å². The number of piperazine rings is 1. The Labute approximate surface area is 156 Å². The lowest BCUT2D eigenvalue weighted by Crippen LogP contribution is -2.56. The second-order valence-corrected chi connectivity index (χ2v) is 8.26. The van der Waals surface area contributed by atoms with Gasteiger partial charge in [-0.2, -0.15) is 0 Å². The van der Waals surface area contributed by atoms with E-state index in [1.165, 1.54) is 0 Å². The average Bonchev–Trinajstić information content (AvgIpc) is 2.57. The number of nitrogens with two attached hydrogens (primary N) is 1. The third kappa shape index (κ3) is 5.05. The molecule has 3 N–H and O–H groups in total. The second kappa shape index (κ2) is 8.18. The van der Waals surface area contributed by atoms with Crippen molar-refractivity contribution in [3.8, 4) is 0 Å². The number of hydrogen-bond acceptors (Lipinski definition) is 4. The van der Waals surface area contributed by atoms with Gasteiger partial charge in [0.05, 0.1) is 12.6 Å². The monoisotopic (exact) mass is 360 g/mol. The quantitative estimate of drug-likeness (QED) is 0.858. The van der Waals surface area contributed by atoms with Gasteiger partial charge < -0.3 is 16.0 Å². The van der Waals surface area contributed by atoms with Crippen molar-refractivity contribution < 1.29 is 9.59 Å². The highest BCUT2D eigenvalue weighted by molar-refractivity contribution is 5.93. The fourth-order valence-corrected chi connectivity index (χ4v) is 3.09. The molecule has 0 aromatic heterocycles. The average molecular weight is 361 g/mol. The van der Waals surface area contributed by atoms with E-state index in [9.17, 15) is 9.59 Å². The Morgan fingerprint density at radius 1 is 1.12 bits per heavy atom. The lowest BCUT2D eigenvalue weighted by atomic mass is 9.86. The van der Waals surface area contributed by atoms with E-state index in [4.69, 9.17) is 5.73 Å². The molecule has 0 saturated carbocycles. The van der Waals surface area contributed by atoms with Crippen molar-refractivity contribution in [2.75, 3.05) is 38.0 Å². The van der Waals surface area contributed by atoms with Crippen molar-refractivity contribution in [1.82, 2.24) is 9.80 Å². The maximum atomic E-state index is 12.5. The number of anilines is 1. The van der Waals surface area contributed by atoms with E-state index in [0.717, 1.165) is 16.8 Å². The zero-order valence-corrected chi connectivity index (χ0v) is 16.6. The number of para-hydroxylation sites is 1. The minimum Gasteiger partial charge on any atom is -0.339 e. The van der Waals surface area contributed by atoms with Crippen molar-refractivity contribution in [2.24, 2.45) is 11.1 Å². The Kier molecular flexibility index (Phi) is 6.42. The van der Waals surface area contributed by atoms with E-state index in [-0.39, 0.29) is 17.2 Å². The fourth-order valence-electron chi connectivity index (χ4n) is 3.09. The number of hydrogen-bond donors (Lipinski definition) is 2. The summed E-state index contributed by atoms with van der Waals surface area (Å²) in [5, 5.41) is 3.02. The Hall–Kier alpha value is -1.92. The molecule has 1 fully saturated rings. The molecule has 6 nitrogen and oxygen atoms in total. The maximum Gasteiger partial charge on any atom is 0.240 e. The van der Waals surface area contributed by atoms with Crippen LogP contribution in [0.5, 0.6) is 0 Å². The number of amides is 2. The summed E-state index contributed by atoms with van der Waals surface area (Å²) in [7, 11) is 0. The predicted molar refractivity (Wildman–Crippen MR) is 105 cm³/mol. The zero-order chi connectivity index (χ0) is 19.5. The zero-order valence-electron chi connectivity index (χ0n) is 16.6. The molecule has 0 bridgehead atoms. The summed E-state index contributed by atoms with van der Waals surface area (Å²) in [6.45, 7) is 12.8. The Morgan fingerprint density at radius 3 is 2.15 bits per heavy atom. The molecule has 0 unspecified atom stereocenters. The maximum absolute atomic E-state index is 12.5. The van der Waals surface area contributed by atoms with Crippen LogP contribution in [0.2, 0.25) is 0 Å². The Balaban J connectivity index is 1.85. The number of carbonyl (C=O) groups is 2. The molecule has 1 aromatic carbocycles. The topological polar surface area (TPSA) is 78.7 Å². The molecule has 1 aliphatic rings. The van der Waals surface area contributed by atoms with E-state index in [1.807, 2.05) is 57.7 Å². The van der Waals surface area contributed by atoms with Crippen LogP contribution < -0.4 is 11.1 Å². The van der Waals surface area contributed by atoms with Crippen molar-refractivity contribution in [3.63, 3.8) is 0 Å². The molecule has 2 rings (SSSR count). The van der Waals surface area contributed by atoms with Gasteiger partial charge in [0, 0.05) is 31.9 Å². The summed E-state index contributed by atoms with van der Waals surface area (Å²) in [5.41, 5.74) is 8.85. The van der Waals surface area contributed by atoms with Crippen LogP contribution in [0, 0.1) is 19.3 Å². The molecule has 0 aliphatic carbocycles. The van der Waals surface area contributed by atoms with Gasteiger partial charge in [0.2, 0.25) is 11.8 Å². The number of nitrogens with one attached hydrogen (secondary N) is 1. The molecule has 26 heavy (non-hydrogen) atoms. The van der Waals surface area contributed by atoms with Crippen molar-refractivity contribution in [1.29, 1.82) is 0 Å². The predicted octanol–water partition coefficient (Wildman–Crippen LogP) is 1.76. The molecular weight excluding hydrogens is 328 g/mol. The molecule has 6 heteroatoms. The molecule has 2 amide bonds. The van der Waals surface area contributed by atoms with Gasteiger partial charge >= 0.3 is 0 Å². The fraction of sp³-hybridized carbons (Fsp3) is 0.600. The van der Waals surface area contributed by atoms with Crippen LogP contribution in [0.15, 0.2) is 18.2 Å². The number of nitrogens with zero attached hydrogens (tertiary/aromatic N) is 2. The molecule has 144 valence electrons. The summed E-state index contributed by atoms with van der Waals surface area (Å²) < 4.78 is 0. The third-order valence-corrected chi connectivity index (χ3v) is 5.00. The van der Waals surface area contributed by atoms with Crippen LogP contribution in [-0.4, -0.2) is 60.4 Å². The van der Waals surface area contributed by atoms with Gasteiger partial charge in [-0.1, -0.05) is 39.0 Å². The van der Waals surface area contributed by atoms with Crippen molar-refractivity contribution >= 4 is 17.5 Å². The Morgan fingerprint density at radius 2 is 1.65 bits per heavy atom. The molecule has 0 spiro atoms. The SMILES string of the molecule is Cc1cccc(C)c1NC(=O)CN1CCN(C(=O)[C@@H](N)C(C)(C)C)CC1. The van der Waals surface area contributed by atoms with Crippen molar-refractivity contribution in [2.45, 2.75) is 40.7 Å². The standard InChI is InChI=1S/C20H32N4O2/c1-14-7-6-8-15(2)17(14)22-16(25)13-23-9-11-24(12-10-23)19(26)18(21)20(3,4)5/h6-8,18H,9-13,21H2,1-5H3,(H,22,25)/t18-/m1/s1. The lowest BCUT2D eigenvalue weighted by Gasteiger charge is -2.37. The second-order valence-electron chi connectivity index (χ2n) is 8.26. The largest absolute Gasteiger partial charge is 0.339 e. The van der Waals surface area contributed by atoms with Gasteiger partial charge in [-0.05, 0) is 30.4 Å². The first-order valence-corrected chi connectivity index (χ1v) is 9.22. The highest BCUT2D eigenvalue weighted by Gasteiger charge is 2.32. The molecule has 1 aromatic rings. The normalized spacial score (nSPS) is 17.1. The van der Waals surface area contributed by atoms with Crippen LogP contribution in [0.4, 0.5) is 5.69 Å². The first-order valence-electron chi connectivity index (χ1n) is 9.22. The number of rotatable bonds is 4. The van der Waals surface area contributed by atoms with Gasteiger partial charge in [-0.15, -0.1) is 0 Å². The third-order valence-electron chi connectivity index (χ3n) is 5.00. The van der Waals surface area contributed by atoms with E-state index in [0.29, 0.717) is 32.7 Å². The van der Waals surface area contributed by atoms with E-state index in [1.54, 1.807) is 0 Å². The van der Waals surface area contributed by atoms with Gasteiger partial charge in [-0.3, -0.25) is 14.5 Å². The molecule has 0 radical (unpaired) electrons. The Bertz CT molecular complexity index is 638. The number of carbonyl (C=O) groups excluding carboxylic acids is 2. The van der Waals surface area contributed by atoms with Gasteiger partial charge in [0.15, 0.2) is 0 Å². The minimum atomic E-state index is -0.499. The first-order chi connectivity index (χ1) is 12.1. The highest BCUT2D eigenvalue weighted by atomic mass is 16.2. The summed E-state index contributed by atoms with van der Waals surface area (Å²) in [5.74, 6) is -0.0225. The van der Waals surface area contributed by atoms with Crippen molar-refractivity contribution in [3.05, 3.63) is 29.3 Å². The van der Waals surface area contributed by atoms with Crippen LogP contribution >= 0.6 is 0 Å². The van der Waals surface area contributed by atoms with E-state index < -0.39 is 6.04 Å². The summed E-state index contributed by atoms with van der Waals surface area (Å²) >= 11 is 0. The van der Waals surface area contributed by atoms with Gasteiger partial charge in [0.25, 0.3) is 0 Å². The minimum absolute atomic E-state index is 0.00265. The molecule has 1 atom stereocenters. The van der Waals surface area contributed by atoms with Crippen LogP contribution in [0.1, 0.15) is 31.9 Å². The first kappa shape index (κ1) is 20.4. The van der Waals surface area contributed by atoms with E-state index >= 15 is 0 Å². The number of aryl methyl sites for hydroxylation is 2. The summed E-state index contributed by atoms with van der Waals surface area (Å²) in [6.07, 6.45) is 0. The van der Waals surface area contributed by atoms with E-state index in [2.05, 4.69) is 10.2 Å². The molecule has 1 aliphatic heterocycles. The van der Waals surface area contributed by atoms with Crippen LogP contribution in [-0.2, 0) is 9.59 Å². The highest BCUT2D eigenvalue weighted by Crippen LogP contribution is 2.21. The van der Waals surface area contributed by atoms with Gasteiger partial charge in [-0.25, -0.2) is 0 Å². The lowest BCUT2D eigenvalue weighted by molar-refractivity contribution is -0.136.